The van der Waals surface area contributed by atoms with Gasteiger partial charge in [0.25, 0.3) is 0 Å². The van der Waals surface area contributed by atoms with E-state index in [4.69, 9.17) is 0 Å². The normalized spacial score (nSPS) is 21.7. The second kappa shape index (κ2) is 19.5. The van der Waals surface area contributed by atoms with E-state index in [1.54, 1.807) is 0 Å². The molecule has 43 heavy (non-hydrogen) atoms. The first-order valence-electron chi connectivity index (χ1n) is 18.9. The third-order valence-electron chi connectivity index (χ3n) is 11.7. The minimum atomic E-state index is 0.726. The molecule has 3 heterocycles. The molecule has 1 atom stereocenters. The highest BCUT2D eigenvalue weighted by Gasteiger charge is 2.42. The van der Waals surface area contributed by atoms with E-state index in [-0.39, 0.29) is 0 Å². The van der Waals surface area contributed by atoms with Crippen molar-refractivity contribution in [3.8, 4) is 0 Å². The lowest BCUT2D eigenvalue weighted by Gasteiger charge is -2.51. The highest BCUT2D eigenvalue weighted by atomic mass is 15.2. The summed E-state index contributed by atoms with van der Waals surface area (Å²) in [7, 11) is 7.03. The molecule has 0 spiro atoms. The van der Waals surface area contributed by atoms with Crippen LogP contribution in [0.2, 0.25) is 0 Å². The molecular weight excluding hydrogens is 524 g/mol. The van der Waals surface area contributed by atoms with Crippen LogP contribution in [0.5, 0.6) is 0 Å². The Balaban J connectivity index is 1.52. The van der Waals surface area contributed by atoms with Crippen molar-refractivity contribution in [2.24, 2.45) is 17.8 Å². The molecule has 3 aliphatic rings. The van der Waals surface area contributed by atoms with Crippen LogP contribution in [0.15, 0.2) is 30.3 Å². The fourth-order valence-corrected chi connectivity index (χ4v) is 8.90. The number of likely N-dealkylation sites (tertiary alicyclic amines) is 3. The van der Waals surface area contributed by atoms with Crippen LogP contribution in [-0.4, -0.2) is 92.1 Å². The van der Waals surface area contributed by atoms with Crippen LogP contribution in [0.1, 0.15) is 122 Å². The summed E-state index contributed by atoms with van der Waals surface area (Å²) >= 11 is 0. The van der Waals surface area contributed by atoms with Crippen molar-refractivity contribution in [2.75, 3.05) is 60.4 Å². The molecule has 246 valence electrons. The Kier molecular flexibility index (Phi) is 15.9. The second-order valence-corrected chi connectivity index (χ2v) is 15.1. The van der Waals surface area contributed by atoms with Crippen LogP contribution >= 0.6 is 0 Å². The van der Waals surface area contributed by atoms with Gasteiger partial charge in [0.2, 0.25) is 0 Å². The fourth-order valence-electron chi connectivity index (χ4n) is 8.90. The average Bonchev–Trinajstić information content (AvgIpc) is 3.03. The SMILES string of the molecule is CCCCCCCCCCCCC(C(C1CCN(C)CC1)C1CCN(C)CC1)N(Cc1ccccc1)C1CCN(C)CC1. The van der Waals surface area contributed by atoms with Crippen LogP contribution in [0.25, 0.3) is 0 Å². The van der Waals surface area contributed by atoms with Crippen molar-refractivity contribution in [1.29, 1.82) is 0 Å². The van der Waals surface area contributed by atoms with E-state index >= 15 is 0 Å². The number of piperidine rings is 3. The summed E-state index contributed by atoms with van der Waals surface area (Å²) in [4.78, 5) is 10.9. The van der Waals surface area contributed by atoms with Gasteiger partial charge in [-0.15, -0.1) is 0 Å². The predicted molar refractivity (Wildman–Crippen MR) is 187 cm³/mol. The summed E-state index contributed by atoms with van der Waals surface area (Å²) < 4.78 is 0. The van der Waals surface area contributed by atoms with Gasteiger partial charge in [-0.05, 0) is 129 Å². The maximum atomic E-state index is 3.12. The van der Waals surface area contributed by atoms with Crippen molar-refractivity contribution in [3.05, 3.63) is 35.9 Å². The molecule has 0 bridgehead atoms. The number of benzene rings is 1. The van der Waals surface area contributed by atoms with Gasteiger partial charge in [-0.3, -0.25) is 4.90 Å². The molecule has 1 aromatic carbocycles. The van der Waals surface area contributed by atoms with E-state index in [0.29, 0.717) is 0 Å². The third kappa shape index (κ3) is 11.7. The van der Waals surface area contributed by atoms with Gasteiger partial charge in [-0.2, -0.15) is 0 Å². The van der Waals surface area contributed by atoms with Crippen LogP contribution in [0.4, 0.5) is 0 Å². The number of nitrogens with zero attached hydrogens (tertiary/aromatic N) is 4. The monoisotopic (exact) mass is 595 g/mol. The van der Waals surface area contributed by atoms with Gasteiger partial charge in [0.1, 0.15) is 0 Å². The van der Waals surface area contributed by atoms with Crippen LogP contribution < -0.4 is 0 Å². The molecule has 0 aliphatic carbocycles. The molecule has 0 N–H and O–H groups in total. The Morgan fingerprint density at radius 1 is 0.605 bits per heavy atom. The molecule has 4 rings (SSSR count). The summed E-state index contributed by atoms with van der Waals surface area (Å²) in [5.41, 5.74) is 1.53. The van der Waals surface area contributed by atoms with E-state index < -0.39 is 0 Å². The molecular formula is C39H70N4. The summed E-state index contributed by atoms with van der Waals surface area (Å²) in [6.45, 7) is 11.2. The molecule has 0 radical (unpaired) electrons. The molecule has 4 heteroatoms. The first-order valence-corrected chi connectivity index (χ1v) is 18.9. The van der Waals surface area contributed by atoms with Gasteiger partial charge in [0, 0.05) is 18.6 Å². The average molecular weight is 595 g/mol. The van der Waals surface area contributed by atoms with Gasteiger partial charge in [-0.1, -0.05) is 101 Å². The van der Waals surface area contributed by atoms with Crippen LogP contribution in [-0.2, 0) is 6.54 Å². The Morgan fingerprint density at radius 3 is 1.53 bits per heavy atom. The van der Waals surface area contributed by atoms with Crippen molar-refractivity contribution in [3.63, 3.8) is 0 Å². The van der Waals surface area contributed by atoms with Crippen molar-refractivity contribution < 1.29 is 0 Å². The molecule has 0 amide bonds. The highest BCUT2D eigenvalue weighted by Crippen LogP contribution is 2.42. The van der Waals surface area contributed by atoms with Crippen molar-refractivity contribution in [2.45, 2.75) is 135 Å². The van der Waals surface area contributed by atoms with Gasteiger partial charge in [0.05, 0.1) is 0 Å². The van der Waals surface area contributed by atoms with Gasteiger partial charge in [-0.25, -0.2) is 0 Å². The minimum Gasteiger partial charge on any atom is -0.306 e. The zero-order chi connectivity index (χ0) is 30.3. The highest BCUT2D eigenvalue weighted by molar-refractivity contribution is 5.15. The van der Waals surface area contributed by atoms with E-state index in [2.05, 4.69) is 78.0 Å². The Morgan fingerprint density at radius 2 is 1.05 bits per heavy atom. The summed E-state index contributed by atoms with van der Waals surface area (Å²) in [6, 6.07) is 13.0. The standard InChI is InChI=1S/C39H70N4/c1-5-6-7-8-9-10-11-12-13-17-20-38(39(35-21-27-40(2)28-22-35)36-23-29-41(3)30-24-36)43(33-34-18-15-14-16-19-34)37-25-31-42(4)32-26-37/h14-16,18-19,35-39H,5-13,17,20-33H2,1-4H3. The molecule has 1 unspecified atom stereocenters. The smallest absolute Gasteiger partial charge is 0.0239 e. The van der Waals surface area contributed by atoms with Gasteiger partial charge < -0.3 is 14.7 Å². The van der Waals surface area contributed by atoms with Gasteiger partial charge in [0.15, 0.2) is 0 Å². The molecule has 3 fully saturated rings. The largest absolute Gasteiger partial charge is 0.306 e. The predicted octanol–water partition coefficient (Wildman–Crippen LogP) is 8.56. The lowest BCUT2D eigenvalue weighted by atomic mass is 9.67. The molecule has 4 nitrogen and oxygen atoms in total. The van der Waals surface area contributed by atoms with Crippen molar-refractivity contribution in [1.82, 2.24) is 19.6 Å². The van der Waals surface area contributed by atoms with Crippen LogP contribution in [0.3, 0.4) is 0 Å². The quantitative estimate of drug-likeness (QED) is 0.158. The first kappa shape index (κ1) is 34.9. The fraction of sp³-hybridized carbons (Fsp3) is 0.846. The van der Waals surface area contributed by atoms with E-state index in [9.17, 15) is 0 Å². The van der Waals surface area contributed by atoms with E-state index in [1.807, 2.05) is 0 Å². The number of hydrogen-bond donors (Lipinski definition) is 0. The molecule has 1 aromatic rings. The zero-order valence-corrected chi connectivity index (χ0v) is 29.0. The number of hydrogen-bond acceptors (Lipinski definition) is 4. The summed E-state index contributed by atoms with van der Waals surface area (Å²) in [6.07, 6.45) is 24.1. The van der Waals surface area contributed by atoms with Crippen LogP contribution in [0, 0.1) is 17.8 Å². The molecule has 0 saturated carbocycles. The summed E-state index contributed by atoms with van der Waals surface area (Å²) in [5.74, 6) is 2.63. The first-order chi connectivity index (χ1) is 21.0. The Labute approximate surface area is 267 Å². The van der Waals surface area contributed by atoms with E-state index in [1.165, 1.54) is 154 Å². The van der Waals surface area contributed by atoms with E-state index in [0.717, 1.165) is 36.4 Å². The Bertz CT molecular complexity index is 799. The van der Waals surface area contributed by atoms with Crippen molar-refractivity contribution >= 4 is 0 Å². The summed E-state index contributed by atoms with van der Waals surface area (Å²) in [5, 5.41) is 0. The maximum Gasteiger partial charge on any atom is 0.0239 e. The number of unbranched alkanes of at least 4 members (excludes halogenated alkanes) is 9. The lowest BCUT2D eigenvalue weighted by Crippen LogP contribution is -2.54. The Hall–Kier alpha value is -0.940. The second-order valence-electron chi connectivity index (χ2n) is 15.1. The molecule has 0 aromatic heterocycles. The minimum absolute atomic E-state index is 0.726. The third-order valence-corrected chi connectivity index (χ3v) is 11.7. The zero-order valence-electron chi connectivity index (χ0n) is 29.0. The number of rotatable bonds is 18. The molecule has 3 saturated heterocycles. The topological polar surface area (TPSA) is 13.0 Å². The lowest BCUT2D eigenvalue weighted by molar-refractivity contribution is -0.0203. The maximum absolute atomic E-state index is 3.12. The van der Waals surface area contributed by atoms with Gasteiger partial charge >= 0.3 is 0 Å². The molecule has 3 aliphatic heterocycles.